The summed E-state index contributed by atoms with van der Waals surface area (Å²) in [7, 11) is -6.97. The molecule has 1 aromatic rings. The maximum absolute atomic E-state index is 12.6. The molecule has 1 N–H and O–H groups in total. The molecule has 1 aliphatic heterocycles. The maximum Gasteiger partial charge on any atom is 0.183 e. The Morgan fingerprint density at radius 3 is 2.30 bits per heavy atom. The predicted octanol–water partition coefficient (Wildman–Crippen LogP) is 0.624. The zero-order valence-corrected chi connectivity index (χ0v) is 13.1. The summed E-state index contributed by atoms with van der Waals surface area (Å²) in [4.78, 5) is 0.178. The second kappa shape index (κ2) is 5.46. The van der Waals surface area contributed by atoms with Gasteiger partial charge in [-0.2, -0.15) is 0 Å². The van der Waals surface area contributed by atoms with Crippen molar-refractivity contribution < 1.29 is 16.8 Å². The van der Waals surface area contributed by atoms with Gasteiger partial charge in [0, 0.05) is 12.1 Å². The summed E-state index contributed by atoms with van der Waals surface area (Å²) in [6.45, 7) is 3.74. The highest BCUT2D eigenvalue weighted by molar-refractivity contribution is 7.96. The monoisotopic (exact) mass is 317 g/mol. The van der Waals surface area contributed by atoms with E-state index < -0.39 is 31.0 Å². The Morgan fingerprint density at radius 2 is 1.75 bits per heavy atom. The van der Waals surface area contributed by atoms with E-state index in [0.29, 0.717) is 0 Å². The van der Waals surface area contributed by atoms with E-state index in [1.54, 1.807) is 18.2 Å². The van der Waals surface area contributed by atoms with E-state index in [2.05, 4.69) is 5.32 Å². The molecule has 0 unspecified atom stereocenters. The van der Waals surface area contributed by atoms with Crippen LogP contribution in [0.1, 0.15) is 13.8 Å². The number of nitrogens with one attached hydrogen (secondary N) is 1. The molecule has 112 valence electrons. The lowest BCUT2D eigenvalue weighted by Crippen LogP contribution is -2.46. The molecule has 0 amide bonds. The average molecular weight is 317 g/mol. The molecular formula is C13H19NO4S2. The van der Waals surface area contributed by atoms with E-state index in [0.717, 1.165) is 0 Å². The van der Waals surface area contributed by atoms with Crippen LogP contribution in [0.3, 0.4) is 0 Å². The molecule has 2 rings (SSSR count). The van der Waals surface area contributed by atoms with Crippen LogP contribution in [0, 0.1) is 0 Å². The fraction of sp³-hybridized carbons (Fsp3) is 0.538. The molecule has 0 aliphatic carbocycles. The average Bonchev–Trinajstić information content (AvgIpc) is 2.65. The summed E-state index contributed by atoms with van der Waals surface area (Å²) in [5, 5.41) is 2.15. The van der Waals surface area contributed by atoms with Gasteiger partial charge in [0.15, 0.2) is 19.7 Å². The van der Waals surface area contributed by atoms with Crippen molar-refractivity contribution in [1.82, 2.24) is 5.32 Å². The summed E-state index contributed by atoms with van der Waals surface area (Å²) in [6.07, 6.45) is 0. The Hall–Kier alpha value is -0.920. The van der Waals surface area contributed by atoms with Crippen molar-refractivity contribution in [3.63, 3.8) is 0 Å². The van der Waals surface area contributed by atoms with E-state index in [-0.39, 0.29) is 22.4 Å². The number of hydrogen-bond acceptors (Lipinski definition) is 5. The fourth-order valence-electron chi connectivity index (χ4n) is 2.49. The molecule has 2 atom stereocenters. The van der Waals surface area contributed by atoms with E-state index in [4.69, 9.17) is 0 Å². The van der Waals surface area contributed by atoms with Gasteiger partial charge in [0.25, 0.3) is 0 Å². The zero-order chi connectivity index (χ0) is 15.0. The third-order valence-electron chi connectivity index (χ3n) is 3.32. The summed E-state index contributed by atoms with van der Waals surface area (Å²) >= 11 is 0. The first-order valence-electron chi connectivity index (χ1n) is 6.48. The lowest BCUT2D eigenvalue weighted by molar-refractivity contribution is 0.484. The van der Waals surface area contributed by atoms with Crippen LogP contribution in [-0.4, -0.2) is 45.7 Å². The number of hydrogen-bond donors (Lipinski definition) is 1. The lowest BCUT2D eigenvalue weighted by atomic mass is 10.2. The van der Waals surface area contributed by atoms with Crippen molar-refractivity contribution in [3.05, 3.63) is 30.3 Å². The van der Waals surface area contributed by atoms with Crippen LogP contribution in [0.25, 0.3) is 0 Å². The van der Waals surface area contributed by atoms with Crippen LogP contribution in [0.2, 0.25) is 0 Å². The van der Waals surface area contributed by atoms with Crippen molar-refractivity contribution in [1.29, 1.82) is 0 Å². The quantitative estimate of drug-likeness (QED) is 0.881. The lowest BCUT2D eigenvalue weighted by Gasteiger charge is -2.22. The molecule has 1 heterocycles. The van der Waals surface area contributed by atoms with Crippen molar-refractivity contribution in [2.24, 2.45) is 0 Å². The van der Waals surface area contributed by atoms with Gasteiger partial charge in [-0.3, -0.25) is 0 Å². The molecule has 1 aliphatic rings. The first-order valence-corrected chi connectivity index (χ1v) is 9.84. The van der Waals surface area contributed by atoms with Crippen molar-refractivity contribution >= 4 is 19.7 Å². The first-order chi connectivity index (χ1) is 9.22. The predicted molar refractivity (Wildman–Crippen MR) is 78.1 cm³/mol. The first kappa shape index (κ1) is 15.5. The summed E-state index contributed by atoms with van der Waals surface area (Å²) in [6, 6.07) is 7.50. The van der Waals surface area contributed by atoms with Crippen molar-refractivity contribution in [2.45, 2.75) is 36.1 Å². The minimum Gasteiger partial charge on any atom is -0.309 e. The smallest absolute Gasteiger partial charge is 0.183 e. The van der Waals surface area contributed by atoms with Gasteiger partial charge in [-0.25, -0.2) is 16.8 Å². The van der Waals surface area contributed by atoms with Gasteiger partial charge >= 0.3 is 0 Å². The van der Waals surface area contributed by atoms with Gasteiger partial charge in [-0.05, 0) is 12.1 Å². The molecular weight excluding hydrogens is 298 g/mol. The molecule has 1 fully saturated rings. The SMILES string of the molecule is CC(C)N[C@H]1CS(=O)(=O)C[C@@H]1S(=O)(=O)c1ccccc1. The molecule has 0 aromatic heterocycles. The number of rotatable bonds is 4. The van der Waals surface area contributed by atoms with E-state index in [1.165, 1.54) is 12.1 Å². The topological polar surface area (TPSA) is 80.3 Å². The molecule has 1 saturated heterocycles. The Kier molecular flexibility index (Phi) is 4.22. The molecule has 5 nitrogen and oxygen atoms in total. The Morgan fingerprint density at radius 1 is 1.15 bits per heavy atom. The van der Waals surface area contributed by atoms with Crippen LogP contribution in [0.4, 0.5) is 0 Å². The second-order valence-corrected chi connectivity index (χ2v) is 9.72. The van der Waals surface area contributed by atoms with E-state index in [9.17, 15) is 16.8 Å². The van der Waals surface area contributed by atoms with Gasteiger partial charge in [0.1, 0.15) is 0 Å². The third-order valence-corrected chi connectivity index (χ3v) is 7.48. The van der Waals surface area contributed by atoms with Gasteiger partial charge in [-0.1, -0.05) is 32.0 Å². The zero-order valence-electron chi connectivity index (χ0n) is 11.5. The minimum absolute atomic E-state index is 0.0294. The van der Waals surface area contributed by atoms with Crippen molar-refractivity contribution in [2.75, 3.05) is 11.5 Å². The fourth-order valence-corrected chi connectivity index (χ4v) is 7.19. The van der Waals surface area contributed by atoms with Crippen LogP contribution < -0.4 is 5.32 Å². The highest BCUT2D eigenvalue weighted by Crippen LogP contribution is 2.26. The van der Waals surface area contributed by atoms with Gasteiger partial charge in [0.05, 0.1) is 21.7 Å². The van der Waals surface area contributed by atoms with E-state index >= 15 is 0 Å². The third kappa shape index (κ3) is 3.21. The summed E-state index contributed by atoms with van der Waals surface area (Å²) in [5.41, 5.74) is 0. The van der Waals surface area contributed by atoms with Gasteiger partial charge in [0.2, 0.25) is 0 Å². The summed E-state index contributed by atoms with van der Waals surface area (Å²) < 4.78 is 48.8. The van der Waals surface area contributed by atoms with Crippen LogP contribution in [0.15, 0.2) is 35.2 Å². The number of sulfone groups is 2. The summed E-state index contributed by atoms with van der Waals surface area (Å²) in [5.74, 6) is -0.434. The van der Waals surface area contributed by atoms with Crippen LogP contribution >= 0.6 is 0 Å². The minimum atomic E-state index is -3.65. The maximum atomic E-state index is 12.6. The normalized spacial score (nSPS) is 25.9. The number of benzene rings is 1. The van der Waals surface area contributed by atoms with Gasteiger partial charge in [-0.15, -0.1) is 0 Å². The Labute approximate surface area is 120 Å². The molecule has 1 aromatic carbocycles. The van der Waals surface area contributed by atoms with Crippen molar-refractivity contribution in [3.8, 4) is 0 Å². The standard InChI is InChI=1S/C13H19NO4S2/c1-10(2)14-12-8-19(15,16)9-13(12)20(17,18)11-6-4-3-5-7-11/h3-7,10,12-14H,8-9H2,1-2H3/t12-,13-/m0/s1. The molecule has 0 bridgehead atoms. The Balaban J connectivity index is 2.39. The van der Waals surface area contributed by atoms with Gasteiger partial charge < -0.3 is 5.32 Å². The molecule has 20 heavy (non-hydrogen) atoms. The van der Waals surface area contributed by atoms with Crippen LogP contribution in [-0.2, 0) is 19.7 Å². The molecule has 0 radical (unpaired) electrons. The largest absolute Gasteiger partial charge is 0.309 e. The highest BCUT2D eigenvalue weighted by Gasteiger charge is 2.45. The second-order valence-electron chi connectivity index (χ2n) is 5.40. The van der Waals surface area contributed by atoms with E-state index in [1.807, 2.05) is 13.8 Å². The molecule has 0 saturated carbocycles. The Bertz CT molecular complexity index is 666. The van der Waals surface area contributed by atoms with Crippen LogP contribution in [0.5, 0.6) is 0 Å². The molecule has 7 heteroatoms. The molecule has 0 spiro atoms. The highest BCUT2D eigenvalue weighted by atomic mass is 32.2.